The lowest BCUT2D eigenvalue weighted by atomic mass is 9.99. The Bertz CT molecular complexity index is 550. The van der Waals surface area contributed by atoms with Crippen LogP contribution in [0.2, 0.25) is 0 Å². The topological polar surface area (TPSA) is 49.3 Å². The number of benzene rings is 2. The van der Waals surface area contributed by atoms with Gasteiger partial charge in [-0.15, -0.1) is 0 Å². The van der Waals surface area contributed by atoms with Gasteiger partial charge in [-0.3, -0.25) is 4.79 Å². The average molecular weight is 241 g/mol. The van der Waals surface area contributed by atoms with E-state index in [0.29, 0.717) is 6.54 Å². The van der Waals surface area contributed by atoms with Gasteiger partial charge in [0.1, 0.15) is 5.75 Å². The van der Waals surface area contributed by atoms with Crippen LogP contribution in [0.3, 0.4) is 0 Å². The molecule has 0 bridgehead atoms. The number of phenolic OH excluding ortho intramolecular Hbond substituents is 1. The number of carbonyl (C=O) groups excluding carboxylic acids is 1. The fraction of sp³-hybridized carbons (Fsp3) is 0.133. The molecule has 3 nitrogen and oxygen atoms in total. The van der Waals surface area contributed by atoms with E-state index in [-0.39, 0.29) is 11.7 Å². The Kier molecular flexibility index (Phi) is 3.63. The van der Waals surface area contributed by atoms with Crippen LogP contribution < -0.4 is 5.32 Å². The zero-order valence-corrected chi connectivity index (χ0v) is 10.2. The van der Waals surface area contributed by atoms with Gasteiger partial charge in [-0.2, -0.15) is 0 Å². The van der Waals surface area contributed by atoms with Crippen LogP contribution in [0.15, 0.2) is 48.5 Å². The molecular formula is C15H15NO2. The molecule has 92 valence electrons. The van der Waals surface area contributed by atoms with Crippen LogP contribution in [-0.4, -0.2) is 11.0 Å². The molecule has 0 fully saturated rings. The normalized spacial score (nSPS) is 10.1. The Hall–Kier alpha value is -2.29. The first kappa shape index (κ1) is 12.2. The van der Waals surface area contributed by atoms with Crippen LogP contribution >= 0.6 is 0 Å². The van der Waals surface area contributed by atoms with E-state index in [1.165, 1.54) is 6.92 Å². The van der Waals surface area contributed by atoms with Gasteiger partial charge in [-0.05, 0) is 17.2 Å². The lowest BCUT2D eigenvalue weighted by Crippen LogP contribution is -2.19. The van der Waals surface area contributed by atoms with Gasteiger partial charge in [0.25, 0.3) is 0 Å². The number of phenols is 1. The zero-order valence-electron chi connectivity index (χ0n) is 10.2. The Morgan fingerprint density at radius 2 is 1.83 bits per heavy atom. The fourth-order valence-corrected chi connectivity index (χ4v) is 1.86. The van der Waals surface area contributed by atoms with E-state index < -0.39 is 0 Å². The summed E-state index contributed by atoms with van der Waals surface area (Å²) in [6.07, 6.45) is 0. The summed E-state index contributed by atoms with van der Waals surface area (Å²) < 4.78 is 0. The van der Waals surface area contributed by atoms with Crippen molar-refractivity contribution in [1.29, 1.82) is 0 Å². The molecule has 2 aromatic carbocycles. The zero-order chi connectivity index (χ0) is 13.0. The summed E-state index contributed by atoms with van der Waals surface area (Å²) in [6, 6.07) is 15.2. The smallest absolute Gasteiger partial charge is 0.217 e. The minimum Gasteiger partial charge on any atom is -0.508 e. The molecule has 3 heteroatoms. The third kappa shape index (κ3) is 2.69. The summed E-state index contributed by atoms with van der Waals surface area (Å²) >= 11 is 0. The maximum absolute atomic E-state index is 11.0. The van der Waals surface area contributed by atoms with Crippen molar-refractivity contribution in [1.82, 2.24) is 5.32 Å². The van der Waals surface area contributed by atoms with E-state index >= 15 is 0 Å². The van der Waals surface area contributed by atoms with Crippen molar-refractivity contribution in [2.75, 3.05) is 0 Å². The van der Waals surface area contributed by atoms with Crippen molar-refractivity contribution in [3.8, 4) is 16.9 Å². The molecule has 0 saturated carbocycles. The predicted molar refractivity (Wildman–Crippen MR) is 71.1 cm³/mol. The van der Waals surface area contributed by atoms with Crippen LogP contribution in [0.5, 0.6) is 5.75 Å². The number of carbonyl (C=O) groups is 1. The summed E-state index contributed by atoms with van der Waals surface area (Å²) in [6.45, 7) is 1.79. The van der Waals surface area contributed by atoms with Gasteiger partial charge < -0.3 is 10.4 Å². The number of aromatic hydroxyl groups is 1. The standard InChI is InChI=1S/C15H15NO2/c1-11(17)16-10-14-13(8-5-9-15(14)18)12-6-3-2-4-7-12/h2-9,18H,10H2,1H3,(H,16,17). The summed E-state index contributed by atoms with van der Waals surface area (Å²) in [5, 5.41) is 12.6. The Morgan fingerprint density at radius 1 is 1.11 bits per heavy atom. The van der Waals surface area contributed by atoms with E-state index in [4.69, 9.17) is 0 Å². The second-order valence-electron chi connectivity index (χ2n) is 4.08. The van der Waals surface area contributed by atoms with Crippen LogP contribution in [0, 0.1) is 0 Å². The summed E-state index contributed by atoms with van der Waals surface area (Å²) in [4.78, 5) is 11.0. The fourth-order valence-electron chi connectivity index (χ4n) is 1.86. The van der Waals surface area contributed by atoms with E-state index in [1.807, 2.05) is 36.4 Å². The monoisotopic (exact) mass is 241 g/mol. The number of nitrogens with one attached hydrogen (secondary N) is 1. The minimum absolute atomic E-state index is 0.114. The molecule has 2 N–H and O–H groups in total. The lowest BCUT2D eigenvalue weighted by Gasteiger charge is -2.12. The molecular weight excluding hydrogens is 226 g/mol. The van der Waals surface area contributed by atoms with Crippen LogP contribution in [-0.2, 0) is 11.3 Å². The Balaban J connectivity index is 2.41. The molecule has 0 atom stereocenters. The van der Waals surface area contributed by atoms with Crippen LogP contribution in [0.4, 0.5) is 0 Å². The van der Waals surface area contributed by atoms with Gasteiger partial charge in [-0.25, -0.2) is 0 Å². The molecule has 0 unspecified atom stereocenters. The highest BCUT2D eigenvalue weighted by Crippen LogP contribution is 2.29. The molecule has 2 aromatic rings. The Morgan fingerprint density at radius 3 is 2.50 bits per heavy atom. The van der Waals surface area contributed by atoms with Crippen molar-refractivity contribution in [2.45, 2.75) is 13.5 Å². The van der Waals surface area contributed by atoms with Gasteiger partial charge >= 0.3 is 0 Å². The van der Waals surface area contributed by atoms with Crippen LogP contribution in [0.25, 0.3) is 11.1 Å². The largest absolute Gasteiger partial charge is 0.508 e. The molecule has 18 heavy (non-hydrogen) atoms. The summed E-state index contributed by atoms with van der Waals surface area (Å²) in [7, 11) is 0. The van der Waals surface area contributed by atoms with Gasteiger partial charge in [0.05, 0.1) is 0 Å². The summed E-state index contributed by atoms with van der Waals surface area (Å²) in [5.74, 6) is 0.0855. The number of amides is 1. The highest BCUT2D eigenvalue weighted by atomic mass is 16.3. The first-order valence-corrected chi connectivity index (χ1v) is 5.79. The van der Waals surface area contributed by atoms with Gasteiger partial charge in [-0.1, -0.05) is 42.5 Å². The molecule has 0 aliphatic carbocycles. The summed E-state index contributed by atoms with van der Waals surface area (Å²) in [5.41, 5.74) is 2.69. The third-order valence-corrected chi connectivity index (χ3v) is 2.75. The molecule has 0 aromatic heterocycles. The highest BCUT2D eigenvalue weighted by molar-refractivity contribution is 5.74. The van der Waals surface area contributed by atoms with Gasteiger partial charge in [0, 0.05) is 19.0 Å². The van der Waals surface area contributed by atoms with E-state index in [1.54, 1.807) is 12.1 Å². The average Bonchev–Trinajstić information content (AvgIpc) is 2.38. The molecule has 1 amide bonds. The second-order valence-corrected chi connectivity index (χ2v) is 4.08. The maximum Gasteiger partial charge on any atom is 0.217 e. The molecule has 2 rings (SSSR count). The quantitative estimate of drug-likeness (QED) is 0.868. The molecule has 0 aliphatic heterocycles. The van der Waals surface area contributed by atoms with Crippen molar-refractivity contribution in [3.63, 3.8) is 0 Å². The number of rotatable bonds is 3. The molecule has 0 heterocycles. The highest BCUT2D eigenvalue weighted by Gasteiger charge is 2.09. The molecule has 0 saturated heterocycles. The van der Waals surface area contributed by atoms with Crippen molar-refractivity contribution in [2.24, 2.45) is 0 Å². The van der Waals surface area contributed by atoms with E-state index in [0.717, 1.165) is 16.7 Å². The SMILES string of the molecule is CC(=O)NCc1c(O)cccc1-c1ccccc1. The first-order chi connectivity index (χ1) is 8.68. The van der Waals surface area contributed by atoms with E-state index in [9.17, 15) is 9.90 Å². The molecule has 0 spiro atoms. The molecule has 0 radical (unpaired) electrons. The van der Waals surface area contributed by atoms with E-state index in [2.05, 4.69) is 5.32 Å². The van der Waals surface area contributed by atoms with Crippen molar-refractivity contribution in [3.05, 3.63) is 54.1 Å². The number of hydrogen-bond acceptors (Lipinski definition) is 2. The Labute approximate surface area is 106 Å². The second kappa shape index (κ2) is 5.36. The lowest BCUT2D eigenvalue weighted by molar-refractivity contribution is -0.119. The number of hydrogen-bond donors (Lipinski definition) is 2. The van der Waals surface area contributed by atoms with Crippen LogP contribution in [0.1, 0.15) is 12.5 Å². The minimum atomic E-state index is -0.114. The molecule has 0 aliphatic rings. The predicted octanol–water partition coefficient (Wildman–Crippen LogP) is 2.70. The first-order valence-electron chi connectivity index (χ1n) is 5.79. The van der Waals surface area contributed by atoms with Crippen molar-refractivity contribution < 1.29 is 9.90 Å². The van der Waals surface area contributed by atoms with Gasteiger partial charge in [0.2, 0.25) is 5.91 Å². The van der Waals surface area contributed by atoms with Crippen molar-refractivity contribution >= 4 is 5.91 Å². The third-order valence-electron chi connectivity index (χ3n) is 2.75. The van der Waals surface area contributed by atoms with Gasteiger partial charge in [0.15, 0.2) is 0 Å². The maximum atomic E-state index is 11.0.